The smallest absolute Gasteiger partial charge is 0.240 e. The average Bonchev–Trinajstić information content (AvgIpc) is 2.55. The zero-order valence-electron chi connectivity index (χ0n) is 14.3. The summed E-state index contributed by atoms with van der Waals surface area (Å²) >= 11 is 3.26. The largest absolute Gasteiger partial charge is 0.505 e. The highest BCUT2D eigenvalue weighted by Crippen LogP contribution is 2.34. The van der Waals surface area contributed by atoms with Crippen LogP contribution in [0.4, 0.5) is 5.69 Å². The van der Waals surface area contributed by atoms with Gasteiger partial charge < -0.3 is 15.2 Å². The number of carbonyl (C=O) groups excluding carboxylic acids is 2. The number of hydrogen-bond donors (Lipinski definition) is 2. The molecule has 0 bridgehead atoms. The van der Waals surface area contributed by atoms with Gasteiger partial charge in [0.15, 0.2) is 5.78 Å². The van der Waals surface area contributed by atoms with Crippen molar-refractivity contribution in [3.05, 3.63) is 53.6 Å². The van der Waals surface area contributed by atoms with E-state index < -0.39 is 4.32 Å². The molecule has 25 heavy (non-hydrogen) atoms. The quantitative estimate of drug-likeness (QED) is 0.427. The van der Waals surface area contributed by atoms with Crippen molar-refractivity contribution in [2.75, 3.05) is 5.32 Å². The van der Waals surface area contributed by atoms with Gasteiger partial charge in [-0.15, -0.1) is 0 Å². The van der Waals surface area contributed by atoms with E-state index in [0.29, 0.717) is 12.4 Å². The highest BCUT2D eigenvalue weighted by Gasteiger charge is 2.25. The molecule has 0 saturated heterocycles. The van der Waals surface area contributed by atoms with Crippen molar-refractivity contribution in [3.63, 3.8) is 0 Å². The Labute approximate surface area is 155 Å². The Balaban J connectivity index is 2.30. The van der Waals surface area contributed by atoms with Crippen LogP contribution in [0.5, 0.6) is 11.5 Å². The van der Waals surface area contributed by atoms with E-state index >= 15 is 0 Å². The maximum atomic E-state index is 12.2. The van der Waals surface area contributed by atoms with E-state index in [1.807, 2.05) is 30.3 Å². The van der Waals surface area contributed by atoms with Crippen LogP contribution in [0.1, 0.15) is 36.7 Å². The van der Waals surface area contributed by atoms with Gasteiger partial charge in [0.25, 0.3) is 0 Å². The third kappa shape index (κ3) is 5.06. The molecule has 0 radical (unpaired) electrons. The van der Waals surface area contributed by atoms with Gasteiger partial charge in [0.1, 0.15) is 18.1 Å². The van der Waals surface area contributed by atoms with Crippen molar-refractivity contribution in [2.24, 2.45) is 0 Å². The summed E-state index contributed by atoms with van der Waals surface area (Å²) in [6.07, 6.45) is 0. The van der Waals surface area contributed by atoms with Crippen LogP contribution < -0.4 is 10.1 Å². The van der Waals surface area contributed by atoms with Gasteiger partial charge >= 0.3 is 0 Å². The molecule has 0 unspecified atom stereocenters. The second kappa shape index (κ2) is 7.70. The number of benzene rings is 2. The minimum absolute atomic E-state index is 0.0910. The zero-order chi connectivity index (χ0) is 18.6. The van der Waals surface area contributed by atoms with Gasteiger partial charge in [-0.05, 0) is 32.4 Å². The van der Waals surface area contributed by atoms with Crippen LogP contribution in [0, 0.1) is 0 Å². The molecule has 132 valence electrons. The minimum Gasteiger partial charge on any atom is -0.505 e. The van der Waals surface area contributed by atoms with Crippen LogP contribution in [0.2, 0.25) is 0 Å². The van der Waals surface area contributed by atoms with Crippen LogP contribution in [0.15, 0.2) is 42.5 Å². The van der Waals surface area contributed by atoms with Crippen molar-refractivity contribution < 1.29 is 19.4 Å². The van der Waals surface area contributed by atoms with Gasteiger partial charge in [0, 0.05) is 6.07 Å². The number of carbonyl (C=O) groups is 2. The fourth-order valence-electron chi connectivity index (χ4n) is 2.07. The number of phenolic OH excluding ortho intramolecular Hbond substituents is 1. The first-order valence-corrected chi connectivity index (χ1v) is 8.53. The second-order valence-electron chi connectivity index (χ2n) is 6.12. The zero-order valence-corrected chi connectivity index (χ0v) is 15.9. The van der Waals surface area contributed by atoms with Gasteiger partial charge in [0.2, 0.25) is 5.91 Å². The maximum Gasteiger partial charge on any atom is 0.240 e. The SMILES string of the molecule is CC(=O)c1cc(OCc2ccccc2)cc(NC(=O)C(C)(C)Br)c1O. The normalized spacial score (nSPS) is 11.0. The van der Waals surface area contributed by atoms with Crippen LogP contribution >= 0.6 is 15.9 Å². The highest BCUT2D eigenvalue weighted by atomic mass is 79.9. The lowest BCUT2D eigenvalue weighted by molar-refractivity contribution is -0.117. The number of amides is 1. The van der Waals surface area contributed by atoms with Gasteiger partial charge in [-0.3, -0.25) is 9.59 Å². The van der Waals surface area contributed by atoms with Crippen LogP contribution in [0.25, 0.3) is 0 Å². The number of alkyl halides is 1. The van der Waals surface area contributed by atoms with Crippen LogP contribution in [-0.4, -0.2) is 21.1 Å². The first-order valence-electron chi connectivity index (χ1n) is 7.73. The molecule has 2 aromatic carbocycles. The number of nitrogens with one attached hydrogen (secondary N) is 1. The third-order valence-corrected chi connectivity index (χ3v) is 3.86. The number of Topliss-reactive ketones (excluding diaryl/α,β-unsaturated/α-hetero) is 1. The van der Waals surface area contributed by atoms with E-state index in [9.17, 15) is 14.7 Å². The monoisotopic (exact) mass is 405 g/mol. The van der Waals surface area contributed by atoms with Crippen LogP contribution in [0.3, 0.4) is 0 Å². The number of ether oxygens (including phenoxy) is 1. The lowest BCUT2D eigenvalue weighted by Crippen LogP contribution is -2.31. The molecule has 0 saturated carbocycles. The van der Waals surface area contributed by atoms with Gasteiger partial charge in [-0.1, -0.05) is 46.3 Å². The molecule has 0 aliphatic rings. The third-order valence-electron chi connectivity index (χ3n) is 3.50. The average molecular weight is 406 g/mol. The molecule has 2 rings (SSSR count). The Morgan fingerprint density at radius 2 is 1.84 bits per heavy atom. The van der Waals surface area contributed by atoms with Gasteiger partial charge in [-0.25, -0.2) is 0 Å². The highest BCUT2D eigenvalue weighted by molar-refractivity contribution is 9.10. The summed E-state index contributed by atoms with van der Waals surface area (Å²) in [7, 11) is 0. The van der Waals surface area contributed by atoms with Crippen molar-refractivity contribution in [1.29, 1.82) is 0 Å². The second-order valence-corrected chi connectivity index (χ2v) is 8.11. The molecule has 1 amide bonds. The van der Waals surface area contributed by atoms with Gasteiger partial charge in [0.05, 0.1) is 15.6 Å². The molecule has 5 nitrogen and oxygen atoms in total. The first-order chi connectivity index (χ1) is 11.7. The summed E-state index contributed by atoms with van der Waals surface area (Å²) in [6.45, 7) is 5.01. The molecular formula is C19H20BrNO4. The lowest BCUT2D eigenvalue weighted by Gasteiger charge is -2.18. The number of ketones is 1. The molecule has 0 fully saturated rings. The van der Waals surface area contributed by atoms with E-state index in [-0.39, 0.29) is 28.7 Å². The molecule has 0 spiro atoms. The molecule has 0 atom stereocenters. The summed E-state index contributed by atoms with van der Waals surface area (Å²) in [4.78, 5) is 24.0. The number of phenols is 1. The molecule has 0 heterocycles. The predicted octanol–water partition coefficient (Wildman–Crippen LogP) is 4.29. The van der Waals surface area contributed by atoms with E-state index in [1.165, 1.54) is 19.1 Å². The molecule has 2 N–H and O–H groups in total. The summed E-state index contributed by atoms with van der Waals surface area (Å²) in [5.41, 5.74) is 1.19. The first kappa shape index (κ1) is 19.0. The van der Waals surface area contributed by atoms with Crippen molar-refractivity contribution in [3.8, 4) is 11.5 Å². The fourth-order valence-corrected chi connectivity index (χ4v) is 2.17. The topological polar surface area (TPSA) is 75.6 Å². The minimum atomic E-state index is -0.823. The molecule has 0 aliphatic heterocycles. The molecule has 6 heteroatoms. The predicted molar refractivity (Wildman–Crippen MR) is 101 cm³/mol. The molecule has 2 aromatic rings. The van der Waals surface area contributed by atoms with E-state index in [0.717, 1.165) is 5.56 Å². The van der Waals surface area contributed by atoms with Gasteiger partial charge in [-0.2, -0.15) is 0 Å². The lowest BCUT2D eigenvalue weighted by atomic mass is 10.1. The number of halogens is 1. The summed E-state index contributed by atoms with van der Waals surface area (Å²) in [5.74, 6) is -0.562. The number of aromatic hydroxyl groups is 1. The number of hydrogen-bond acceptors (Lipinski definition) is 4. The summed E-state index contributed by atoms with van der Waals surface area (Å²) in [6, 6.07) is 12.5. The Hall–Kier alpha value is -2.34. The van der Waals surface area contributed by atoms with Crippen LogP contribution in [-0.2, 0) is 11.4 Å². The Kier molecular flexibility index (Phi) is 5.85. The molecule has 0 aromatic heterocycles. The van der Waals surface area contributed by atoms with Crippen molar-refractivity contribution in [2.45, 2.75) is 31.7 Å². The summed E-state index contributed by atoms with van der Waals surface area (Å²) in [5, 5.41) is 12.9. The number of anilines is 1. The molecular weight excluding hydrogens is 386 g/mol. The summed E-state index contributed by atoms with van der Waals surface area (Å²) < 4.78 is 4.90. The standard InChI is InChI=1S/C19H20BrNO4/c1-12(22)15-9-14(25-11-13-7-5-4-6-8-13)10-16(17(15)23)21-18(24)19(2,3)20/h4-10,23H,11H2,1-3H3,(H,21,24). The Morgan fingerprint density at radius 1 is 1.20 bits per heavy atom. The van der Waals surface area contributed by atoms with E-state index in [2.05, 4.69) is 21.2 Å². The van der Waals surface area contributed by atoms with Crippen molar-refractivity contribution in [1.82, 2.24) is 0 Å². The maximum absolute atomic E-state index is 12.2. The Bertz CT molecular complexity index is 782. The van der Waals surface area contributed by atoms with Crippen molar-refractivity contribution >= 4 is 33.3 Å². The van der Waals surface area contributed by atoms with E-state index in [4.69, 9.17) is 4.74 Å². The fraction of sp³-hybridized carbons (Fsp3) is 0.263. The Morgan fingerprint density at radius 3 is 2.40 bits per heavy atom. The molecule has 0 aliphatic carbocycles. The van der Waals surface area contributed by atoms with E-state index in [1.54, 1.807) is 13.8 Å². The number of rotatable bonds is 6.